The minimum atomic E-state index is -4.37. The lowest BCUT2D eigenvalue weighted by atomic mass is 10.0. The SMILES string of the molecule is CC/C=C\C/C=C\C/C=C\C/C=C\CCCCCCCCCCC(=O)NC(COP(=O)(O)OCC[N+](C)(C)C)C(O)/C=C/CC/C=C/CC/C=C/CCCCCCCCCCCCCCCCCCCCC. The van der Waals surface area contributed by atoms with E-state index in [1.54, 1.807) is 6.08 Å². The number of phosphoric acid groups is 1. The van der Waals surface area contributed by atoms with Crippen LogP contribution in [0.2, 0.25) is 0 Å². The molecule has 1 amide bonds. The first-order valence-electron chi connectivity index (χ1n) is 30.0. The summed E-state index contributed by atoms with van der Waals surface area (Å²) in [6.45, 7) is 4.68. The van der Waals surface area contributed by atoms with Crippen LogP contribution < -0.4 is 5.32 Å². The van der Waals surface area contributed by atoms with E-state index in [0.717, 1.165) is 83.5 Å². The van der Waals surface area contributed by atoms with Crippen molar-refractivity contribution in [1.29, 1.82) is 0 Å². The Bertz CT molecular complexity index is 1450. The minimum absolute atomic E-state index is 0.0479. The number of allylic oxidation sites excluding steroid dienone is 13. The van der Waals surface area contributed by atoms with Crippen LogP contribution >= 0.6 is 7.82 Å². The maximum absolute atomic E-state index is 13.0. The molecule has 3 unspecified atom stereocenters. The largest absolute Gasteiger partial charge is 0.472 e. The lowest BCUT2D eigenvalue weighted by Crippen LogP contribution is -2.45. The fourth-order valence-corrected chi connectivity index (χ4v) is 9.15. The number of hydrogen-bond donors (Lipinski definition) is 3. The van der Waals surface area contributed by atoms with Gasteiger partial charge >= 0.3 is 7.82 Å². The number of nitrogens with one attached hydrogen (secondary N) is 1. The fraction of sp³-hybridized carbons (Fsp3) is 0.762. The van der Waals surface area contributed by atoms with Gasteiger partial charge in [0.2, 0.25) is 5.91 Å². The highest BCUT2D eigenvalue weighted by atomic mass is 31.2. The highest BCUT2D eigenvalue weighted by Crippen LogP contribution is 2.43. The molecule has 0 aliphatic rings. The standard InChI is InChI=1S/C63H115N2O6P/c1-6-8-10-12-14-16-18-20-22-24-26-28-29-30-31-32-33-34-35-37-38-40-42-44-46-48-50-52-54-56-62(66)61(60-71-72(68,69)70-59-58-65(3,4)5)64-63(67)57-55-53-51-49-47-45-43-41-39-36-27-25-23-21-19-17-15-13-11-9-7-2/h9,11,15,17,21,23,27,36,38,40,46,48,54,56,61-62,66H,6-8,10,12-14,16,18-20,22,24-26,28-35,37,39,41-45,47,49-53,55,57-60H2,1-5H3,(H-,64,67,68,69)/p+1/b11-9-,17-15-,23-21-,36-27-,40-38+,48-46+,56-54+. The molecule has 9 heteroatoms. The Morgan fingerprint density at radius 3 is 1.28 bits per heavy atom. The number of aliphatic hydroxyl groups excluding tert-OH is 1. The van der Waals surface area contributed by atoms with E-state index in [-0.39, 0.29) is 19.1 Å². The summed E-state index contributed by atoms with van der Waals surface area (Å²) in [4.78, 5) is 23.3. The van der Waals surface area contributed by atoms with Gasteiger partial charge < -0.3 is 19.8 Å². The topological polar surface area (TPSA) is 105 Å². The Kier molecular flexibility index (Phi) is 51.8. The number of carbonyl (C=O) groups excluding carboxylic acids is 1. The third-order valence-corrected chi connectivity index (χ3v) is 14.1. The average molecular weight is 1030 g/mol. The van der Waals surface area contributed by atoms with Gasteiger partial charge in [-0.3, -0.25) is 13.8 Å². The van der Waals surface area contributed by atoms with E-state index >= 15 is 0 Å². The van der Waals surface area contributed by atoms with Gasteiger partial charge in [-0.2, -0.15) is 0 Å². The van der Waals surface area contributed by atoms with Crippen LogP contribution in [-0.4, -0.2) is 73.4 Å². The molecule has 0 aromatic heterocycles. The molecule has 0 saturated carbocycles. The van der Waals surface area contributed by atoms with Crippen LogP contribution in [0.15, 0.2) is 85.1 Å². The van der Waals surface area contributed by atoms with E-state index in [1.807, 2.05) is 27.2 Å². The second-order valence-corrected chi connectivity index (χ2v) is 22.8. The van der Waals surface area contributed by atoms with Gasteiger partial charge in [-0.15, -0.1) is 0 Å². The number of rotatable bonds is 54. The number of amides is 1. The predicted octanol–water partition coefficient (Wildman–Crippen LogP) is 18.4. The number of quaternary nitrogens is 1. The molecule has 0 saturated heterocycles. The van der Waals surface area contributed by atoms with Gasteiger partial charge in [0.15, 0.2) is 0 Å². The molecule has 0 aliphatic heterocycles. The molecule has 0 fully saturated rings. The van der Waals surface area contributed by atoms with Crippen molar-refractivity contribution in [3.63, 3.8) is 0 Å². The summed E-state index contributed by atoms with van der Waals surface area (Å²) in [5, 5.41) is 13.9. The molecule has 0 rings (SSSR count). The van der Waals surface area contributed by atoms with Gasteiger partial charge in [0.05, 0.1) is 39.9 Å². The van der Waals surface area contributed by atoms with E-state index in [4.69, 9.17) is 9.05 Å². The zero-order chi connectivity index (χ0) is 52.7. The molecule has 3 N–H and O–H groups in total. The third kappa shape index (κ3) is 55.4. The van der Waals surface area contributed by atoms with Crippen LogP contribution in [0.3, 0.4) is 0 Å². The highest BCUT2D eigenvalue weighted by Gasteiger charge is 2.27. The van der Waals surface area contributed by atoms with Gasteiger partial charge in [-0.05, 0) is 83.5 Å². The number of nitrogens with zero attached hydrogens (tertiary/aromatic N) is 1. The zero-order valence-corrected chi connectivity index (χ0v) is 48.5. The zero-order valence-electron chi connectivity index (χ0n) is 47.7. The predicted molar refractivity (Wildman–Crippen MR) is 313 cm³/mol. The summed E-state index contributed by atoms with van der Waals surface area (Å²) >= 11 is 0. The fourth-order valence-electron chi connectivity index (χ4n) is 8.42. The highest BCUT2D eigenvalue weighted by molar-refractivity contribution is 7.47. The average Bonchev–Trinajstić information content (AvgIpc) is 3.34. The molecule has 0 aromatic rings. The summed E-state index contributed by atoms with van der Waals surface area (Å²) in [6.07, 6.45) is 75.6. The molecule has 0 aliphatic carbocycles. The molecule has 0 aromatic carbocycles. The van der Waals surface area contributed by atoms with E-state index in [0.29, 0.717) is 17.4 Å². The third-order valence-electron chi connectivity index (χ3n) is 13.1. The van der Waals surface area contributed by atoms with Crippen molar-refractivity contribution in [2.24, 2.45) is 0 Å². The Morgan fingerprint density at radius 2 is 0.847 bits per heavy atom. The number of unbranched alkanes of at least 4 members (excludes halogenated alkanes) is 29. The Balaban J connectivity index is 4.27. The molecular weight excluding hydrogens is 912 g/mol. The van der Waals surface area contributed by atoms with Crippen LogP contribution in [0.1, 0.15) is 258 Å². The van der Waals surface area contributed by atoms with E-state index in [2.05, 4.69) is 92.1 Å². The van der Waals surface area contributed by atoms with Crippen molar-refractivity contribution in [3.05, 3.63) is 85.1 Å². The van der Waals surface area contributed by atoms with Crippen LogP contribution in [0.4, 0.5) is 0 Å². The van der Waals surface area contributed by atoms with E-state index < -0.39 is 20.0 Å². The van der Waals surface area contributed by atoms with E-state index in [9.17, 15) is 19.4 Å². The van der Waals surface area contributed by atoms with E-state index in [1.165, 1.54) is 154 Å². The number of phosphoric ester groups is 1. The van der Waals surface area contributed by atoms with Crippen molar-refractivity contribution in [2.45, 2.75) is 270 Å². The molecule has 8 nitrogen and oxygen atoms in total. The number of likely N-dealkylation sites (N-methyl/N-ethyl adjacent to an activating group) is 1. The van der Waals surface area contributed by atoms with Gasteiger partial charge in [-0.1, -0.05) is 253 Å². The molecular formula is C63H116N2O6P+. The van der Waals surface area contributed by atoms with Crippen molar-refractivity contribution >= 4 is 13.7 Å². The lowest BCUT2D eigenvalue weighted by molar-refractivity contribution is -0.870. The molecule has 3 atom stereocenters. The molecule has 72 heavy (non-hydrogen) atoms. The molecule has 0 heterocycles. The summed E-state index contributed by atoms with van der Waals surface area (Å²) < 4.78 is 23.7. The van der Waals surface area contributed by atoms with Crippen molar-refractivity contribution in [2.75, 3.05) is 40.9 Å². The maximum Gasteiger partial charge on any atom is 0.472 e. The lowest BCUT2D eigenvalue weighted by Gasteiger charge is -2.25. The van der Waals surface area contributed by atoms with Gasteiger partial charge in [0.1, 0.15) is 13.2 Å². The summed E-state index contributed by atoms with van der Waals surface area (Å²) in [5.41, 5.74) is 0. The van der Waals surface area contributed by atoms with Crippen LogP contribution in [0.5, 0.6) is 0 Å². The van der Waals surface area contributed by atoms with Crippen LogP contribution in [0, 0.1) is 0 Å². The molecule has 0 bridgehead atoms. The maximum atomic E-state index is 13.0. The Morgan fingerprint density at radius 1 is 0.486 bits per heavy atom. The smallest absolute Gasteiger partial charge is 0.387 e. The van der Waals surface area contributed by atoms with Gasteiger partial charge in [-0.25, -0.2) is 4.57 Å². The Hall–Kier alpha value is -2.32. The number of hydrogen-bond acceptors (Lipinski definition) is 5. The molecule has 0 spiro atoms. The first-order chi connectivity index (χ1) is 35.0. The quantitative estimate of drug-likeness (QED) is 0.0243. The summed E-state index contributed by atoms with van der Waals surface area (Å²) in [7, 11) is 1.53. The molecule has 418 valence electrons. The Labute approximate surface area is 446 Å². The number of aliphatic hydroxyl groups is 1. The summed E-state index contributed by atoms with van der Waals surface area (Å²) in [6, 6.07) is -0.881. The van der Waals surface area contributed by atoms with Gasteiger partial charge in [0, 0.05) is 6.42 Å². The van der Waals surface area contributed by atoms with Crippen molar-refractivity contribution in [1.82, 2.24) is 5.32 Å². The number of carbonyl (C=O) groups is 1. The first-order valence-corrected chi connectivity index (χ1v) is 31.5. The van der Waals surface area contributed by atoms with Crippen LogP contribution in [0.25, 0.3) is 0 Å². The van der Waals surface area contributed by atoms with Crippen LogP contribution in [-0.2, 0) is 18.4 Å². The van der Waals surface area contributed by atoms with Crippen molar-refractivity contribution < 1.29 is 32.9 Å². The van der Waals surface area contributed by atoms with Crippen molar-refractivity contribution in [3.8, 4) is 0 Å². The normalized spacial score (nSPS) is 14.5. The second kappa shape index (κ2) is 53.5. The monoisotopic (exact) mass is 1030 g/mol. The van der Waals surface area contributed by atoms with Gasteiger partial charge in [0.25, 0.3) is 0 Å². The second-order valence-electron chi connectivity index (χ2n) is 21.3. The summed E-state index contributed by atoms with van der Waals surface area (Å²) in [5.74, 6) is -0.201. The minimum Gasteiger partial charge on any atom is -0.387 e. The molecule has 0 radical (unpaired) electrons. The first kappa shape index (κ1) is 69.7.